The molecule has 0 spiro atoms. The lowest BCUT2D eigenvalue weighted by Crippen LogP contribution is -2.48. The molecule has 3 rings (SSSR count). The summed E-state index contributed by atoms with van der Waals surface area (Å²) in [5.41, 5.74) is 1.11. The SMILES string of the molecule is CCNC(=NCCCOCC1CCCO1)N1CCOC(c2cnn(C)c2)C1.I. The first-order chi connectivity index (χ1) is 13.3. The Morgan fingerprint density at radius 2 is 2.29 bits per heavy atom. The van der Waals surface area contributed by atoms with E-state index in [1.165, 1.54) is 0 Å². The van der Waals surface area contributed by atoms with E-state index in [-0.39, 0.29) is 30.1 Å². The first-order valence-electron chi connectivity index (χ1n) is 10.1. The zero-order valence-electron chi connectivity index (χ0n) is 17.0. The van der Waals surface area contributed by atoms with Gasteiger partial charge in [0.1, 0.15) is 6.10 Å². The molecule has 2 aliphatic heterocycles. The fraction of sp³-hybridized carbons (Fsp3) is 0.789. The molecule has 2 fully saturated rings. The molecule has 1 N–H and O–H groups in total. The maximum Gasteiger partial charge on any atom is 0.194 e. The van der Waals surface area contributed by atoms with Crippen LogP contribution in [0.1, 0.15) is 37.9 Å². The summed E-state index contributed by atoms with van der Waals surface area (Å²) >= 11 is 0. The van der Waals surface area contributed by atoms with Crippen LogP contribution in [0.15, 0.2) is 17.4 Å². The van der Waals surface area contributed by atoms with Gasteiger partial charge >= 0.3 is 0 Å². The van der Waals surface area contributed by atoms with Gasteiger partial charge in [-0.3, -0.25) is 9.67 Å². The van der Waals surface area contributed by atoms with Gasteiger partial charge in [-0.2, -0.15) is 5.10 Å². The van der Waals surface area contributed by atoms with Crippen LogP contribution in [0.25, 0.3) is 0 Å². The Morgan fingerprint density at radius 3 is 3.00 bits per heavy atom. The number of aryl methyl sites for hydroxylation is 1. The van der Waals surface area contributed by atoms with Crippen LogP contribution in [0.4, 0.5) is 0 Å². The van der Waals surface area contributed by atoms with E-state index < -0.39 is 0 Å². The largest absolute Gasteiger partial charge is 0.379 e. The van der Waals surface area contributed by atoms with Crippen molar-refractivity contribution in [1.82, 2.24) is 20.0 Å². The summed E-state index contributed by atoms with van der Waals surface area (Å²) in [5, 5.41) is 7.66. The molecular formula is C19H34IN5O3. The summed E-state index contributed by atoms with van der Waals surface area (Å²) in [6, 6.07) is 0. The zero-order chi connectivity index (χ0) is 18.9. The summed E-state index contributed by atoms with van der Waals surface area (Å²) < 4.78 is 19.0. The van der Waals surface area contributed by atoms with Crippen LogP contribution in [0, 0.1) is 0 Å². The number of nitrogens with zero attached hydrogens (tertiary/aromatic N) is 4. The number of morpholine rings is 1. The van der Waals surface area contributed by atoms with Crippen molar-refractivity contribution < 1.29 is 14.2 Å². The first kappa shape index (κ1) is 23.4. The van der Waals surface area contributed by atoms with E-state index in [2.05, 4.69) is 22.2 Å². The molecule has 0 radical (unpaired) electrons. The lowest BCUT2D eigenvalue weighted by Gasteiger charge is -2.34. The predicted octanol–water partition coefficient (Wildman–Crippen LogP) is 1.96. The summed E-state index contributed by atoms with van der Waals surface area (Å²) in [6.07, 6.45) is 7.42. The minimum absolute atomic E-state index is 0. The minimum Gasteiger partial charge on any atom is -0.379 e. The molecule has 28 heavy (non-hydrogen) atoms. The average molecular weight is 507 g/mol. The standard InChI is InChI=1S/C19H33N5O3.HI/c1-3-20-19(21-7-5-9-25-15-17-6-4-10-26-17)24-8-11-27-18(14-24)16-12-22-23(2)13-16;/h12-13,17-18H,3-11,14-15H2,1-2H3,(H,20,21);1H. The van der Waals surface area contributed by atoms with Crippen molar-refractivity contribution in [2.45, 2.75) is 38.4 Å². The Labute approximate surface area is 185 Å². The number of halogens is 1. The van der Waals surface area contributed by atoms with Crippen molar-refractivity contribution in [3.05, 3.63) is 18.0 Å². The zero-order valence-corrected chi connectivity index (χ0v) is 19.3. The maximum atomic E-state index is 5.93. The number of hydrogen-bond donors (Lipinski definition) is 1. The average Bonchev–Trinajstić information content (AvgIpc) is 3.35. The van der Waals surface area contributed by atoms with Crippen molar-refractivity contribution in [1.29, 1.82) is 0 Å². The molecule has 0 saturated carbocycles. The highest BCUT2D eigenvalue weighted by Gasteiger charge is 2.25. The molecule has 0 aromatic carbocycles. The third-order valence-corrected chi connectivity index (χ3v) is 4.83. The lowest BCUT2D eigenvalue weighted by atomic mass is 10.1. The van der Waals surface area contributed by atoms with E-state index in [0.717, 1.165) is 70.2 Å². The van der Waals surface area contributed by atoms with Crippen molar-refractivity contribution in [3.8, 4) is 0 Å². The van der Waals surface area contributed by atoms with Crippen molar-refractivity contribution in [3.63, 3.8) is 0 Å². The van der Waals surface area contributed by atoms with E-state index in [9.17, 15) is 0 Å². The molecule has 3 heterocycles. The van der Waals surface area contributed by atoms with Gasteiger partial charge in [-0.05, 0) is 26.2 Å². The van der Waals surface area contributed by atoms with Gasteiger partial charge < -0.3 is 24.4 Å². The quantitative estimate of drug-likeness (QED) is 0.251. The maximum absolute atomic E-state index is 5.93. The lowest BCUT2D eigenvalue weighted by molar-refractivity contribution is -0.00808. The Balaban J connectivity index is 0.00000280. The molecule has 160 valence electrons. The number of nitrogens with one attached hydrogen (secondary N) is 1. The first-order valence-corrected chi connectivity index (χ1v) is 10.1. The fourth-order valence-electron chi connectivity index (χ4n) is 3.42. The highest BCUT2D eigenvalue weighted by Crippen LogP contribution is 2.21. The van der Waals surface area contributed by atoms with E-state index in [4.69, 9.17) is 19.2 Å². The topological polar surface area (TPSA) is 73.1 Å². The van der Waals surface area contributed by atoms with Gasteiger partial charge in [0.05, 0.1) is 32.1 Å². The van der Waals surface area contributed by atoms with E-state index in [1.807, 2.05) is 24.1 Å². The number of ether oxygens (including phenoxy) is 3. The Morgan fingerprint density at radius 1 is 1.39 bits per heavy atom. The normalized spacial score (nSPS) is 22.9. The Kier molecular flexibility index (Phi) is 10.5. The smallest absolute Gasteiger partial charge is 0.194 e. The van der Waals surface area contributed by atoms with Gasteiger partial charge in [-0.1, -0.05) is 0 Å². The Hall–Kier alpha value is -0.910. The van der Waals surface area contributed by atoms with Gasteiger partial charge in [-0.15, -0.1) is 24.0 Å². The number of aromatic nitrogens is 2. The third-order valence-electron chi connectivity index (χ3n) is 4.83. The monoisotopic (exact) mass is 507 g/mol. The molecule has 1 aromatic rings. The van der Waals surface area contributed by atoms with Crippen molar-refractivity contribution in [2.75, 3.05) is 52.6 Å². The Bertz CT molecular complexity index is 592. The highest BCUT2D eigenvalue weighted by molar-refractivity contribution is 14.0. The van der Waals surface area contributed by atoms with Crippen LogP contribution in [0.5, 0.6) is 0 Å². The van der Waals surface area contributed by atoms with Crippen LogP contribution in [0.2, 0.25) is 0 Å². The van der Waals surface area contributed by atoms with E-state index in [1.54, 1.807) is 0 Å². The van der Waals surface area contributed by atoms with Gasteiger partial charge in [0.2, 0.25) is 0 Å². The molecular weight excluding hydrogens is 473 g/mol. The summed E-state index contributed by atoms with van der Waals surface area (Å²) in [5.74, 6) is 0.953. The molecule has 8 nitrogen and oxygen atoms in total. The van der Waals surface area contributed by atoms with Gasteiger partial charge in [0.25, 0.3) is 0 Å². The number of guanidine groups is 1. The molecule has 2 aliphatic rings. The molecule has 0 aliphatic carbocycles. The van der Waals surface area contributed by atoms with Gasteiger partial charge in [0, 0.05) is 51.7 Å². The summed E-state index contributed by atoms with van der Waals surface area (Å²) in [6.45, 7) is 8.33. The molecule has 1 aromatic heterocycles. The molecule has 0 amide bonds. The van der Waals surface area contributed by atoms with Crippen molar-refractivity contribution >= 4 is 29.9 Å². The molecule has 2 atom stereocenters. The predicted molar refractivity (Wildman–Crippen MR) is 119 cm³/mol. The molecule has 2 saturated heterocycles. The van der Waals surface area contributed by atoms with Crippen LogP contribution in [-0.4, -0.2) is 79.4 Å². The molecule has 0 bridgehead atoms. The van der Waals surface area contributed by atoms with E-state index in [0.29, 0.717) is 19.3 Å². The van der Waals surface area contributed by atoms with Crippen LogP contribution < -0.4 is 5.32 Å². The number of aliphatic imine (C=N–C) groups is 1. The fourth-order valence-corrected chi connectivity index (χ4v) is 3.42. The molecule has 9 heteroatoms. The summed E-state index contributed by atoms with van der Waals surface area (Å²) in [7, 11) is 1.93. The summed E-state index contributed by atoms with van der Waals surface area (Å²) in [4.78, 5) is 7.06. The van der Waals surface area contributed by atoms with Gasteiger partial charge in [0.15, 0.2) is 5.96 Å². The second-order valence-electron chi connectivity index (χ2n) is 7.05. The van der Waals surface area contributed by atoms with Crippen LogP contribution in [0.3, 0.4) is 0 Å². The minimum atomic E-state index is 0. The second kappa shape index (κ2) is 12.6. The second-order valence-corrected chi connectivity index (χ2v) is 7.05. The van der Waals surface area contributed by atoms with Crippen LogP contribution >= 0.6 is 24.0 Å². The van der Waals surface area contributed by atoms with Crippen LogP contribution in [-0.2, 0) is 21.3 Å². The highest BCUT2D eigenvalue weighted by atomic mass is 127. The van der Waals surface area contributed by atoms with E-state index >= 15 is 0 Å². The molecule has 2 unspecified atom stereocenters. The number of rotatable bonds is 8. The van der Waals surface area contributed by atoms with Gasteiger partial charge in [-0.25, -0.2) is 0 Å². The number of hydrogen-bond acceptors (Lipinski definition) is 5. The van der Waals surface area contributed by atoms with Crippen molar-refractivity contribution in [2.24, 2.45) is 12.0 Å². The third kappa shape index (κ3) is 7.16.